The van der Waals surface area contributed by atoms with Gasteiger partial charge in [-0.3, -0.25) is 14.2 Å². The molecule has 0 spiro atoms. The topological polar surface area (TPSA) is 82.5 Å². The van der Waals surface area contributed by atoms with Crippen molar-refractivity contribution in [2.24, 2.45) is 0 Å². The van der Waals surface area contributed by atoms with Gasteiger partial charge < -0.3 is 14.8 Å². The predicted octanol–water partition coefficient (Wildman–Crippen LogP) is 4.71. The largest absolute Gasteiger partial charge is 0.497 e. The molecule has 0 radical (unpaired) electrons. The van der Waals surface area contributed by atoms with Gasteiger partial charge in [0.2, 0.25) is 0 Å². The van der Waals surface area contributed by atoms with Gasteiger partial charge in [0.25, 0.3) is 11.5 Å². The van der Waals surface area contributed by atoms with E-state index < -0.39 is 0 Å². The second-order valence-corrected chi connectivity index (χ2v) is 8.89. The lowest BCUT2D eigenvalue weighted by Gasteiger charge is -2.14. The molecule has 0 aliphatic rings. The Kier molecular flexibility index (Phi) is 8.20. The minimum atomic E-state index is -0.246. The number of carbonyl (C=O) groups excluding carboxylic acids is 1. The Morgan fingerprint density at radius 1 is 1.11 bits per heavy atom. The van der Waals surface area contributed by atoms with E-state index in [1.54, 1.807) is 49.1 Å². The highest BCUT2D eigenvalue weighted by molar-refractivity contribution is 7.98. The van der Waals surface area contributed by atoms with E-state index in [-0.39, 0.29) is 11.5 Å². The molecule has 0 bridgehead atoms. The van der Waals surface area contributed by atoms with E-state index in [1.807, 2.05) is 42.5 Å². The number of carbonyl (C=O) groups is 1. The van der Waals surface area contributed by atoms with Crippen LogP contribution in [0.2, 0.25) is 0 Å². The number of aromatic nitrogens is 2. The van der Waals surface area contributed by atoms with Crippen molar-refractivity contribution < 1.29 is 14.3 Å². The number of hydrogen-bond acceptors (Lipinski definition) is 6. The molecule has 0 aliphatic heterocycles. The fourth-order valence-corrected chi connectivity index (χ4v) is 4.62. The molecular weight excluding hydrogens is 474 g/mol. The highest BCUT2D eigenvalue weighted by Gasteiger charge is 2.16. The van der Waals surface area contributed by atoms with Crippen LogP contribution in [-0.4, -0.2) is 42.8 Å². The molecule has 0 aliphatic carbocycles. The number of fused-ring (bicyclic) bond motifs is 1. The lowest BCUT2D eigenvalue weighted by molar-refractivity contribution is 0.0937. The standard InChI is InChI=1S/C28H27N3O4S/c1-4-19-8-10-20(11-9-19)18-36-28-30-25-16-21(26(32)29-14-15-34-2)12-13-24(25)27(33)31(28)22-6-5-7-23(17-22)35-3/h4-13,16-17H,1,14-15,18H2,2-3H3,(H,29,32). The number of methoxy groups -OCH3 is 2. The lowest BCUT2D eigenvalue weighted by Crippen LogP contribution is -2.27. The number of nitrogens with one attached hydrogen (secondary N) is 1. The van der Waals surface area contributed by atoms with Gasteiger partial charge in [0.05, 0.1) is 30.3 Å². The summed E-state index contributed by atoms with van der Waals surface area (Å²) in [5.41, 5.74) is 3.45. The molecule has 0 unspecified atom stereocenters. The van der Waals surface area contributed by atoms with Crippen molar-refractivity contribution in [2.75, 3.05) is 27.4 Å². The summed E-state index contributed by atoms with van der Waals surface area (Å²) in [7, 11) is 3.16. The summed E-state index contributed by atoms with van der Waals surface area (Å²) in [6.07, 6.45) is 1.80. The number of benzene rings is 3. The molecule has 4 aromatic rings. The third kappa shape index (κ3) is 5.67. The maximum absolute atomic E-state index is 13.7. The average Bonchev–Trinajstić information content (AvgIpc) is 2.92. The van der Waals surface area contributed by atoms with Gasteiger partial charge in [0.15, 0.2) is 5.16 Å². The summed E-state index contributed by atoms with van der Waals surface area (Å²) in [6, 6.07) is 20.3. The number of hydrogen-bond donors (Lipinski definition) is 1. The molecule has 0 fully saturated rings. The van der Waals surface area contributed by atoms with Crippen LogP contribution < -0.4 is 15.6 Å². The monoisotopic (exact) mass is 501 g/mol. The van der Waals surface area contributed by atoms with Gasteiger partial charge in [-0.05, 0) is 41.5 Å². The quantitative estimate of drug-likeness (QED) is 0.193. The summed E-state index contributed by atoms with van der Waals surface area (Å²) in [6.45, 7) is 4.60. The number of rotatable bonds is 10. The van der Waals surface area contributed by atoms with Crippen LogP contribution in [-0.2, 0) is 10.5 Å². The predicted molar refractivity (Wildman–Crippen MR) is 144 cm³/mol. The second kappa shape index (κ2) is 11.7. The van der Waals surface area contributed by atoms with Gasteiger partial charge in [-0.1, -0.05) is 54.7 Å². The first-order chi connectivity index (χ1) is 17.5. The Morgan fingerprint density at radius 3 is 2.64 bits per heavy atom. The van der Waals surface area contributed by atoms with Crippen molar-refractivity contribution >= 4 is 34.6 Å². The molecule has 7 nitrogen and oxygen atoms in total. The first kappa shape index (κ1) is 25.2. The van der Waals surface area contributed by atoms with Crippen LogP contribution in [0.4, 0.5) is 0 Å². The fraction of sp³-hybridized carbons (Fsp3) is 0.179. The Hall–Kier alpha value is -3.88. The van der Waals surface area contributed by atoms with E-state index in [0.29, 0.717) is 52.0 Å². The van der Waals surface area contributed by atoms with E-state index in [2.05, 4.69) is 11.9 Å². The van der Waals surface area contributed by atoms with E-state index in [4.69, 9.17) is 14.5 Å². The summed E-state index contributed by atoms with van der Waals surface area (Å²) in [4.78, 5) is 31.0. The number of amides is 1. The minimum Gasteiger partial charge on any atom is -0.497 e. The van der Waals surface area contributed by atoms with E-state index >= 15 is 0 Å². The highest BCUT2D eigenvalue weighted by Crippen LogP contribution is 2.26. The Bertz CT molecular complexity index is 1450. The van der Waals surface area contributed by atoms with Crippen LogP contribution >= 0.6 is 11.8 Å². The van der Waals surface area contributed by atoms with Gasteiger partial charge in [0.1, 0.15) is 5.75 Å². The van der Waals surface area contributed by atoms with Crippen molar-refractivity contribution in [1.29, 1.82) is 0 Å². The SMILES string of the molecule is C=Cc1ccc(CSc2nc3cc(C(=O)NCCOC)ccc3c(=O)n2-c2cccc(OC)c2)cc1. The molecule has 8 heteroatoms. The smallest absolute Gasteiger partial charge is 0.266 e. The van der Waals surface area contributed by atoms with Gasteiger partial charge in [-0.15, -0.1) is 0 Å². The van der Waals surface area contributed by atoms with Crippen LogP contribution in [0, 0.1) is 0 Å². The van der Waals surface area contributed by atoms with Crippen LogP contribution in [0.5, 0.6) is 5.75 Å². The maximum Gasteiger partial charge on any atom is 0.266 e. The Morgan fingerprint density at radius 2 is 1.92 bits per heavy atom. The van der Waals surface area contributed by atoms with Crippen molar-refractivity contribution in [1.82, 2.24) is 14.9 Å². The first-order valence-corrected chi connectivity index (χ1v) is 12.3. The normalized spacial score (nSPS) is 10.8. The summed E-state index contributed by atoms with van der Waals surface area (Å²) in [5, 5.41) is 3.74. The van der Waals surface area contributed by atoms with E-state index in [0.717, 1.165) is 11.1 Å². The lowest BCUT2D eigenvalue weighted by atomic mass is 10.1. The Labute approximate surface area is 213 Å². The third-order valence-electron chi connectivity index (χ3n) is 5.59. The molecule has 1 aromatic heterocycles. The molecule has 36 heavy (non-hydrogen) atoms. The molecule has 0 atom stereocenters. The van der Waals surface area contributed by atoms with Crippen molar-refractivity contribution in [3.05, 3.63) is 100 Å². The molecule has 4 rings (SSSR count). The van der Waals surface area contributed by atoms with Gasteiger partial charge in [-0.25, -0.2) is 4.98 Å². The zero-order valence-electron chi connectivity index (χ0n) is 20.2. The molecule has 1 N–H and O–H groups in total. The summed E-state index contributed by atoms with van der Waals surface area (Å²) in [5.74, 6) is 0.999. The summed E-state index contributed by atoms with van der Waals surface area (Å²) < 4.78 is 12.0. The van der Waals surface area contributed by atoms with Crippen molar-refractivity contribution in [2.45, 2.75) is 10.9 Å². The molecule has 184 valence electrons. The summed E-state index contributed by atoms with van der Waals surface area (Å²) >= 11 is 1.45. The molecule has 0 saturated heterocycles. The zero-order chi connectivity index (χ0) is 25.5. The molecule has 1 heterocycles. The fourth-order valence-electron chi connectivity index (χ4n) is 3.65. The zero-order valence-corrected chi connectivity index (χ0v) is 21.0. The van der Waals surface area contributed by atoms with E-state index in [9.17, 15) is 9.59 Å². The molecular formula is C28H27N3O4S. The second-order valence-electron chi connectivity index (χ2n) is 7.95. The highest BCUT2D eigenvalue weighted by atomic mass is 32.2. The molecule has 0 saturated carbocycles. The van der Waals surface area contributed by atoms with Gasteiger partial charge in [-0.2, -0.15) is 0 Å². The third-order valence-corrected chi connectivity index (χ3v) is 6.60. The van der Waals surface area contributed by atoms with Gasteiger partial charge >= 0.3 is 0 Å². The van der Waals surface area contributed by atoms with E-state index in [1.165, 1.54) is 11.8 Å². The molecule has 1 amide bonds. The van der Waals surface area contributed by atoms with Crippen molar-refractivity contribution in [3.63, 3.8) is 0 Å². The average molecular weight is 502 g/mol. The van der Waals surface area contributed by atoms with Crippen molar-refractivity contribution in [3.8, 4) is 11.4 Å². The van der Waals surface area contributed by atoms with Gasteiger partial charge in [0, 0.05) is 31.0 Å². The molecule has 3 aromatic carbocycles. The first-order valence-electron chi connectivity index (χ1n) is 11.4. The number of nitrogens with zero attached hydrogens (tertiary/aromatic N) is 2. The number of thioether (sulfide) groups is 1. The maximum atomic E-state index is 13.7. The van der Waals surface area contributed by atoms with Crippen LogP contribution in [0.15, 0.2) is 83.3 Å². The minimum absolute atomic E-state index is 0.218. The van der Waals surface area contributed by atoms with Crippen LogP contribution in [0.1, 0.15) is 21.5 Å². The Balaban J connectivity index is 1.77. The van der Waals surface area contributed by atoms with Crippen LogP contribution in [0.3, 0.4) is 0 Å². The number of ether oxygens (including phenoxy) is 2. The van der Waals surface area contributed by atoms with Crippen LogP contribution in [0.25, 0.3) is 22.7 Å².